The number of anilines is 1. The van der Waals surface area contributed by atoms with Gasteiger partial charge < -0.3 is 9.84 Å². The lowest BCUT2D eigenvalue weighted by molar-refractivity contribution is -0.146. The summed E-state index contributed by atoms with van der Waals surface area (Å²) in [6, 6.07) is 6.40. The quantitative estimate of drug-likeness (QED) is 0.886. The largest absolute Gasteiger partial charge is 0.431 e. The number of furan rings is 1. The first-order chi connectivity index (χ1) is 11.2. The van der Waals surface area contributed by atoms with Gasteiger partial charge in [-0.25, -0.2) is 0 Å². The first-order valence-electron chi connectivity index (χ1n) is 8.37. The first kappa shape index (κ1) is 13.8. The van der Waals surface area contributed by atoms with E-state index in [9.17, 15) is 4.39 Å². The maximum Gasteiger partial charge on any atom is 0.278 e. The molecule has 0 amide bonds. The molecular formula is C17H20FN3O2. The van der Waals surface area contributed by atoms with Crippen molar-refractivity contribution in [3.8, 4) is 0 Å². The number of rotatable bonds is 2. The van der Waals surface area contributed by atoms with Gasteiger partial charge >= 0.3 is 0 Å². The first-order valence-corrected chi connectivity index (χ1v) is 8.37. The topological polar surface area (TPSA) is 49.7 Å². The molecule has 1 aliphatic heterocycles. The fourth-order valence-corrected chi connectivity index (χ4v) is 4.63. The van der Waals surface area contributed by atoms with E-state index in [0.29, 0.717) is 11.5 Å². The lowest BCUT2D eigenvalue weighted by atomic mass is 9.62. The Morgan fingerprint density at radius 1 is 1.22 bits per heavy atom. The minimum atomic E-state index is -0.558. The van der Waals surface area contributed by atoms with Gasteiger partial charge in [-0.3, -0.25) is 4.84 Å². The second-order valence-electron chi connectivity index (χ2n) is 7.18. The fourth-order valence-electron chi connectivity index (χ4n) is 4.63. The normalized spacial score (nSPS) is 33.8. The maximum absolute atomic E-state index is 13.2. The van der Waals surface area contributed by atoms with Crippen molar-refractivity contribution in [3.05, 3.63) is 30.3 Å². The van der Waals surface area contributed by atoms with Crippen LogP contribution in [0.4, 0.5) is 10.1 Å². The summed E-state index contributed by atoms with van der Waals surface area (Å²) < 4.78 is 18.2. The Morgan fingerprint density at radius 3 is 2.87 bits per heavy atom. The zero-order valence-corrected chi connectivity index (χ0v) is 12.8. The number of benzene rings is 1. The van der Waals surface area contributed by atoms with E-state index in [2.05, 4.69) is 11.0 Å². The molecule has 1 saturated heterocycles. The number of halogens is 1. The molecule has 122 valence electrons. The molecule has 2 aromatic rings. The summed E-state index contributed by atoms with van der Waals surface area (Å²) in [4.78, 5) is 6.02. The highest BCUT2D eigenvalue weighted by Crippen LogP contribution is 2.50. The predicted octanol–water partition coefficient (Wildman–Crippen LogP) is 3.60. The van der Waals surface area contributed by atoms with E-state index in [1.54, 1.807) is 6.07 Å². The molecule has 6 heteroatoms. The van der Waals surface area contributed by atoms with Gasteiger partial charge in [0.15, 0.2) is 0 Å². The van der Waals surface area contributed by atoms with Crippen LogP contribution in [0.25, 0.3) is 11.0 Å². The molecule has 1 aromatic heterocycles. The summed E-state index contributed by atoms with van der Waals surface area (Å²) in [5.41, 5.74) is 7.64. The molecule has 1 atom stereocenters. The molecule has 6 rings (SSSR count). The van der Waals surface area contributed by atoms with Crippen LogP contribution in [0.1, 0.15) is 32.1 Å². The van der Waals surface area contributed by atoms with Gasteiger partial charge in [0.05, 0.1) is 12.2 Å². The minimum absolute atomic E-state index is 0.0605. The van der Waals surface area contributed by atoms with Crippen LogP contribution in [-0.2, 0) is 4.84 Å². The second kappa shape index (κ2) is 4.93. The molecule has 5 nitrogen and oxygen atoms in total. The Hall–Kier alpha value is -1.63. The number of nitrogens with zero attached hydrogens (tertiary/aromatic N) is 1. The summed E-state index contributed by atoms with van der Waals surface area (Å²) in [5, 5.41) is 2.65. The van der Waals surface area contributed by atoms with Crippen LogP contribution in [-0.4, -0.2) is 17.3 Å². The third-order valence-electron chi connectivity index (χ3n) is 5.76. The number of hydrogen-bond acceptors (Lipinski definition) is 5. The number of nitrogens with one attached hydrogen (secondary N) is 2. The van der Waals surface area contributed by atoms with Crippen molar-refractivity contribution in [1.29, 1.82) is 0 Å². The third-order valence-corrected chi connectivity index (χ3v) is 5.76. The smallest absolute Gasteiger partial charge is 0.278 e. The zero-order chi connectivity index (χ0) is 15.4. The Labute approximate surface area is 133 Å². The number of fused-ring (bicyclic) bond motifs is 3. The average Bonchev–Trinajstić information content (AvgIpc) is 3.11. The fraction of sp³-hybridized carbons (Fsp3) is 0.529. The molecule has 4 fully saturated rings. The van der Waals surface area contributed by atoms with Crippen LogP contribution in [0, 0.1) is 17.8 Å². The van der Waals surface area contributed by atoms with Gasteiger partial charge in [-0.15, -0.1) is 10.7 Å². The molecule has 2 bridgehead atoms. The molecule has 1 aromatic carbocycles. The van der Waals surface area contributed by atoms with Crippen molar-refractivity contribution in [1.82, 2.24) is 10.7 Å². The molecule has 2 heterocycles. The number of hydrogen-bond donors (Lipinski definition) is 2. The Balaban J connectivity index is 1.33. The van der Waals surface area contributed by atoms with Crippen molar-refractivity contribution in [2.75, 3.05) is 12.0 Å². The molecule has 2 N–H and O–H groups in total. The molecule has 3 aliphatic carbocycles. The summed E-state index contributed by atoms with van der Waals surface area (Å²) >= 11 is 0. The van der Waals surface area contributed by atoms with E-state index in [1.165, 1.54) is 31.7 Å². The van der Waals surface area contributed by atoms with Gasteiger partial charge in [0.1, 0.15) is 11.2 Å². The van der Waals surface area contributed by atoms with E-state index in [1.807, 2.05) is 17.3 Å². The van der Waals surface area contributed by atoms with Crippen LogP contribution in [0.3, 0.4) is 0 Å². The maximum atomic E-state index is 13.2. The highest BCUT2D eigenvalue weighted by molar-refractivity contribution is 5.80. The standard InChI is InChI=1S/C17H20FN3O2/c18-16-7-12-3-6-14(8-15(12)22-16)19-21-10-17(23-20-21)9-11-1-4-13(17)5-2-11/h3,6-8,11,13,19-20H,1-2,4-5,9-10H2/t11?,13?,17-/m0/s1. The molecular weight excluding hydrogens is 297 g/mol. The Morgan fingerprint density at radius 2 is 2.09 bits per heavy atom. The van der Waals surface area contributed by atoms with Gasteiger partial charge in [0.2, 0.25) is 0 Å². The monoisotopic (exact) mass is 317 g/mol. The number of hydrazine groups is 2. The summed E-state index contributed by atoms with van der Waals surface area (Å²) in [6.07, 6.45) is 6.40. The molecule has 23 heavy (non-hydrogen) atoms. The summed E-state index contributed by atoms with van der Waals surface area (Å²) in [5.74, 6) is 1.46. The van der Waals surface area contributed by atoms with Gasteiger partial charge in [-0.1, -0.05) is 0 Å². The Bertz CT molecular complexity index is 741. The predicted molar refractivity (Wildman–Crippen MR) is 83.5 cm³/mol. The van der Waals surface area contributed by atoms with Gasteiger partial charge in [0, 0.05) is 17.5 Å². The SMILES string of the molecule is Fc1cc2ccc(NN3C[C@]4(CC5CCC4CC5)ON3)cc2o1. The van der Waals surface area contributed by atoms with E-state index < -0.39 is 6.01 Å². The molecule has 1 spiro atoms. The van der Waals surface area contributed by atoms with Crippen molar-refractivity contribution in [3.63, 3.8) is 0 Å². The summed E-state index contributed by atoms with van der Waals surface area (Å²) in [6.45, 7) is 0.818. The molecule has 0 radical (unpaired) electrons. The summed E-state index contributed by atoms with van der Waals surface area (Å²) in [7, 11) is 0. The lowest BCUT2D eigenvalue weighted by Crippen LogP contribution is -2.50. The molecule has 0 unspecified atom stereocenters. The van der Waals surface area contributed by atoms with Crippen molar-refractivity contribution in [2.24, 2.45) is 11.8 Å². The van der Waals surface area contributed by atoms with E-state index in [0.717, 1.165) is 30.0 Å². The third kappa shape index (κ3) is 2.24. The van der Waals surface area contributed by atoms with Crippen molar-refractivity contribution < 1.29 is 13.6 Å². The van der Waals surface area contributed by atoms with E-state index in [-0.39, 0.29) is 5.60 Å². The lowest BCUT2D eigenvalue weighted by Gasteiger charge is -2.47. The van der Waals surface area contributed by atoms with E-state index >= 15 is 0 Å². The van der Waals surface area contributed by atoms with Crippen molar-refractivity contribution >= 4 is 16.7 Å². The molecule has 4 aliphatic rings. The molecule has 3 saturated carbocycles. The second-order valence-corrected chi connectivity index (χ2v) is 7.18. The highest BCUT2D eigenvalue weighted by atomic mass is 19.1. The van der Waals surface area contributed by atoms with Crippen molar-refractivity contribution in [2.45, 2.75) is 37.7 Å². The van der Waals surface area contributed by atoms with Gasteiger partial charge in [0.25, 0.3) is 6.01 Å². The van der Waals surface area contributed by atoms with Crippen LogP contribution in [0.15, 0.2) is 28.7 Å². The van der Waals surface area contributed by atoms with Gasteiger partial charge in [-0.2, -0.15) is 4.39 Å². The zero-order valence-electron chi connectivity index (χ0n) is 12.8. The van der Waals surface area contributed by atoms with Crippen LogP contribution in [0.2, 0.25) is 0 Å². The van der Waals surface area contributed by atoms with Gasteiger partial charge in [-0.05, 0) is 56.1 Å². The van der Waals surface area contributed by atoms with Crippen LogP contribution in [0.5, 0.6) is 0 Å². The van der Waals surface area contributed by atoms with Crippen LogP contribution >= 0.6 is 0 Å². The minimum Gasteiger partial charge on any atom is -0.431 e. The van der Waals surface area contributed by atoms with E-state index in [4.69, 9.17) is 9.25 Å². The highest BCUT2D eigenvalue weighted by Gasteiger charge is 2.52. The Kier molecular flexibility index (Phi) is 2.95. The average molecular weight is 317 g/mol. The van der Waals surface area contributed by atoms with Crippen LogP contribution < -0.4 is 11.0 Å².